The van der Waals surface area contributed by atoms with Crippen LogP contribution >= 0.6 is 0 Å². The van der Waals surface area contributed by atoms with E-state index in [0.29, 0.717) is 22.7 Å². The summed E-state index contributed by atoms with van der Waals surface area (Å²) in [6.07, 6.45) is 7.86. The van der Waals surface area contributed by atoms with E-state index >= 15 is 0 Å². The van der Waals surface area contributed by atoms with Crippen LogP contribution in [0.25, 0.3) is 0 Å². The van der Waals surface area contributed by atoms with Crippen LogP contribution in [0.4, 0.5) is 5.82 Å². The smallest absolute Gasteiger partial charge is 0.291 e. The fraction of sp³-hybridized carbons (Fsp3) is 0.333. The minimum Gasteiger partial charge on any atom is -0.480 e. The Morgan fingerprint density at radius 2 is 1.96 bits per heavy atom. The summed E-state index contributed by atoms with van der Waals surface area (Å²) >= 11 is 0. The summed E-state index contributed by atoms with van der Waals surface area (Å²) in [6.45, 7) is 7.68. The number of amides is 1. The zero-order valence-corrected chi connectivity index (χ0v) is 13.8. The molecule has 0 spiro atoms. The van der Waals surface area contributed by atoms with Crippen molar-refractivity contribution in [2.24, 2.45) is 5.92 Å². The van der Waals surface area contributed by atoms with Crippen molar-refractivity contribution >= 4 is 25.0 Å². The van der Waals surface area contributed by atoms with Crippen molar-refractivity contribution in [2.75, 3.05) is 5.32 Å². The zero-order valence-electron chi connectivity index (χ0n) is 13.8. The quantitative estimate of drug-likeness (QED) is 0.852. The molecule has 3 rings (SSSR count). The van der Waals surface area contributed by atoms with Crippen LogP contribution in [0.15, 0.2) is 35.6 Å². The standard InChI is InChI=1S/C18H19BN2O2/c1-9-5-6-14-13(7-9)8-15(23-14)18(22)21-17-11(3)10(2)16(19)12(4)20-17/h5-8,13-14H,1-4H3,(H,20,21,22). The van der Waals surface area contributed by atoms with Crippen molar-refractivity contribution in [2.45, 2.75) is 33.8 Å². The Hall–Kier alpha value is -2.30. The van der Waals surface area contributed by atoms with Crippen LogP contribution in [0, 0.1) is 26.7 Å². The van der Waals surface area contributed by atoms with Crippen molar-refractivity contribution < 1.29 is 9.53 Å². The first-order valence-corrected chi connectivity index (χ1v) is 7.66. The number of hydrogen-bond donors (Lipinski definition) is 1. The average Bonchev–Trinajstić information content (AvgIpc) is 2.93. The number of pyridine rings is 1. The lowest BCUT2D eigenvalue weighted by molar-refractivity contribution is -0.116. The van der Waals surface area contributed by atoms with Gasteiger partial charge in [-0.15, -0.1) is 0 Å². The molecule has 0 fully saturated rings. The monoisotopic (exact) mass is 306 g/mol. The van der Waals surface area contributed by atoms with Gasteiger partial charge < -0.3 is 10.1 Å². The molecule has 5 heteroatoms. The highest BCUT2D eigenvalue weighted by Gasteiger charge is 2.31. The molecule has 1 aromatic heterocycles. The van der Waals surface area contributed by atoms with Gasteiger partial charge in [-0.25, -0.2) is 4.98 Å². The first kappa shape index (κ1) is 15.6. The zero-order chi connectivity index (χ0) is 16.7. The van der Waals surface area contributed by atoms with Crippen molar-refractivity contribution in [3.63, 3.8) is 0 Å². The van der Waals surface area contributed by atoms with Crippen LogP contribution in [-0.4, -0.2) is 24.8 Å². The maximum absolute atomic E-state index is 12.5. The van der Waals surface area contributed by atoms with Crippen molar-refractivity contribution in [1.29, 1.82) is 0 Å². The van der Waals surface area contributed by atoms with Gasteiger partial charge in [0.15, 0.2) is 5.76 Å². The second kappa shape index (κ2) is 5.72. The van der Waals surface area contributed by atoms with E-state index in [4.69, 9.17) is 12.6 Å². The molecule has 2 aliphatic rings. The van der Waals surface area contributed by atoms with E-state index in [9.17, 15) is 4.79 Å². The van der Waals surface area contributed by atoms with E-state index in [1.807, 2.05) is 45.9 Å². The molecule has 1 aliphatic carbocycles. The predicted octanol–water partition coefficient (Wildman–Crippen LogP) is 2.15. The first-order chi connectivity index (χ1) is 10.9. The maximum Gasteiger partial charge on any atom is 0.291 e. The van der Waals surface area contributed by atoms with Crippen LogP contribution < -0.4 is 10.8 Å². The van der Waals surface area contributed by atoms with E-state index in [-0.39, 0.29) is 17.9 Å². The topological polar surface area (TPSA) is 51.2 Å². The molecule has 1 aliphatic heterocycles. The number of hydrogen-bond acceptors (Lipinski definition) is 3. The molecule has 23 heavy (non-hydrogen) atoms. The number of anilines is 1. The molecule has 2 heterocycles. The van der Waals surface area contributed by atoms with E-state index in [0.717, 1.165) is 11.1 Å². The summed E-state index contributed by atoms with van der Waals surface area (Å²) < 4.78 is 5.74. The molecule has 1 N–H and O–H groups in total. The lowest BCUT2D eigenvalue weighted by atomic mass is 9.88. The minimum atomic E-state index is -0.280. The van der Waals surface area contributed by atoms with Gasteiger partial charge >= 0.3 is 0 Å². The molecule has 0 bridgehead atoms. The number of carbonyl (C=O) groups is 1. The second-order valence-corrected chi connectivity index (χ2v) is 6.12. The van der Waals surface area contributed by atoms with Crippen molar-refractivity contribution in [3.05, 3.63) is 52.5 Å². The van der Waals surface area contributed by atoms with Gasteiger partial charge in [0.1, 0.15) is 19.8 Å². The number of nitrogens with zero attached hydrogens (tertiary/aromatic N) is 1. The third-order valence-corrected chi connectivity index (χ3v) is 4.44. The number of fused-ring (bicyclic) bond motifs is 1. The van der Waals surface area contributed by atoms with Gasteiger partial charge in [-0.2, -0.15) is 0 Å². The Labute approximate surface area is 137 Å². The SMILES string of the molecule is [B]c1c(C)nc(NC(=O)C2=CC3C=C(C)C=CC3O2)c(C)c1C. The largest absolute Gasteiger partial charge is 0.480 e. The third kappa shape index (κ3) is 2.83. The highest BCUT2D eigenvalue weighted by Crippen LogP contribution is 2.30. The second-order valence-electron chi connectivity index (χ2n) is 6.12. The summed E-state index contributed by atoms with van der Waals surface area (Å²) in [4.78, 5) is 16.9. The molecule has 1 aromatic rings. The van der Waals surface area contributed by atoms with Gasteiger partial charge in [0, 0.05) is 11.6 Å². The fourth-order valence-electron chi connectivity index (χ4n) is 2.83. The highest BCUT2D eigenvalue weighted by atomic mass is 16.5. The van der Waals surface area contributed by atoms with Gasteiger partial charge in [0.2, 0.25) is 0 Å². The molecule has 2 unspecified atom stereocenters. The number of nitrogens with one attached hydrogen (secondary N) is 1. The van der Waals surface area contributed by atoms with Gasteiger partial charge in [0.05, 0.1) is 0 Å². The summed E-state index contributed by atoms with van der Waals surface area (Å²) in [5, 5.41) is 2.84. The number of rotatable bonds is 2. The van der Waals surface area contributed by atoms with Gasteiger partial charge in [0.25, 0.3) is 5.91 Å². The molecule has 0 saturated heterocycles. The Kier molecular flexibility index (Phi) is 3.88. The number of allylic oxidation sites excluding steroid dienone is 2. The molecular formula is C18H19BN2O2. The molecule has 2 radical (unpaired) electrons. The van der Waals surface area contributed by atoms with Gasteiger partial charge in [-0.1, -0.05) is 23.2 Å². The van der Waals surface area contributed by atoms with Crippen LogP contribution in [0.1, 0.15) is 23.7 Å². The fourth-order valence-corrected chi connectivity index (χ4v) is 2.83. The Morgan fingerprint density at radius 3 is 2.70 bits per heavy atom. The lowest BCUT2D eigenvalue weighted by Crippen LogP contribution is -2.22. The summed E-state index contributed by atoms with van der Waals surface area (Å²) in [6, 6.07) is 0. The molecule has 116 valence electrons. The molecule has 0 saturated carbocycles. The van der Waals surface area contributed by atoms with E-state index in [1.165, 1.54) is 5.57 Å². The molecule has 2 atom stereocenters. The number of ether oxygens (including phenoxy) is 1. The Morgan fingerprint density at radius 1 is 1.22 bits per heavy atom. The van der Waals surface area contributed by atoms with Gasteiger partial charge in [-0.05, 0) is 51.0 Å². The number of aromatic nitrogens is 1. The molecule has 1 amide bonds. The van der Waals surface area contributed by atoms with Crippen LogP contribution in [0.2, 0.25) is 0 Å². The Bertz CT molecular complexity index is 778. The highest BCUT2D eigenvalue weighted by molar-refractivity contribution is 6.34. The number of carbonyl (C=O) groups excluding carboxylic acids is 1. The van der Waals surface area contributed by atoms with Crippen LogP contribution in [-0.2, 0) is 9.53 Å². The summed E-state index contributed by atoms with van der Waals surface area (Å²) in [5.41, 5.74) is 4.35. The molecular weight excluding hydrogens is 287 g/mol. The first-order valence-electron chi connectivity index (χ1n) is 7.66. The Balaban J connectivity index is 1.81. The molecule has 0 aromatic carbocycles. The van der Waals surface area contributed by atoms with E-state index in [2.05, 4.69) is 16.4 Å². The summed E-state index contributed by atoms with van der Waals surface area (Å²) in [5.74, 6) is 0.701. The normalized spacial score (nSPS) is 22.1. The van der Waals surface area contributed by atoms with Crippen molar-refractivity contribution in [3.8, 4) is 0 Å². The van der Waals surface area contributed by atoms with E-state index < -0.39 is 0 Å². The minimum absolute atomic E-state index is 0.0941. The summed E-state index contributed by atoms with van der Waals surface area (Å²) in [7, 11) is 5.97. The predicted molar refractivity (Wildman–Crippen MR) is 91.8 cm³/mol. The maximum atomic E-state index is 12.5. The number of aryl methyl sites for hydroxylation is 1. The van der Waals surface area contributed by atoms with Crippen LogP contribution in [0.3, 0.4) is 0 Å². The average molecular weight is 306 g/mol. The lowest BCUT2D eigenvalue weighted by Gasteiger charge is -2.17. The van der Waals surface area contributed by atoms with Crippen LogP contribution in [0.5, 0.6) is 0 Å². The van der Waals surface area contributed by atoms with Crippen molar-refractivity contribution in [1.82, 2.24) is 4.98 Å². The molecule has 4 nitrogen and oxygen atoms in total. The third-order valence-electron chi connectivity index (χ3n) is 4.44. The van der Waals surface area contributed by atoms with Gasteiger partial charge in [-0.3, -0.25) is 4.79 Å². The van der Waals surface area contributed by atoms with E-state index in [1.54, 1.807) is 0 Å².